The average Bonchev–Trinajstić information content (AvgIpc) is 3.10. The number of benzene rings is 2. The highest BCUT2D eigenvalue weighted by atomic mass is 32.2. The fourth-order valence-corrected chi connectivity index (χ4v) is 4.81. The molecule has 4 amide bonds. The Labute approximate surface area is 215 Å². The summed E-state index contributed by atoms with van der Waals surface area (Å²) in [5.74, 6) is -1.13. The van der Waals surface area contributed by atoms with Crippen molar-refractivity contribution < 1.29 is 36.0 Å². The van der Waals surface area contributed by atoms with E-state index in [4.69, 9.17) is 0 Å². The van der Waals surface area contributed by atoms with Crippen LogP contribution in [0.15, 0.2) is 78.0 Å². The van der Waals surface area contributed by atoms with Crippen molar-refractivity contribution in [2.75, 3.05) is 16.8 Å². The minimum absolute atomic E-state index is 0.0964. The number of rotatable bonds is 6. The van der Waals surface area contributed by atoms with E-state index < -0.39 is 43.6 Å². The number of carbonyl (C=O) groups excluding carboxylic acids is 3. The van der Waals surface area contributed by atoms with Crippen molar-refractivity contribution in [1.82, 2.24) is 10.3 Å². The normalized spacial score (nSPS) is 17.9. The topological polar surface area (TPSA) is 117 Å². The molecular formula is C25H21F3N4O5S. The summed E-state index contributed by atoms with van der Waals surface area (Å²) in [6.07, 6.45) is 2.71. The molecule has 1 aromatic heterocycles. The fourth-order valence-electron chi connectivity index (χ4n) is 4.05. The number of hydrogen-bond acceptors (Lipinski definition) is 6. The number of aromatic nitrogens is 1. The van der Waals surface area contributed by atoms with Crippen LogP contribution in [0, 0.1) is 0 Å². The maximum Gasteiger partial charge on any atom is 0.501 e. The van der Waals surface area contributed by atoms with Crippen LogP contribution in [-0.4, -0.2) is 49.3 Å². The lowest BCUT2D eigenvalue weighted by atomic mass is 9.90. The standard InChI is InChI=1S/C25H21F3N4O5S/c1-24(14-16-12-13-29-15-20(16)21(33)31(2)17-6-4-3-5-7-17)22(34)32(23(35)30-24)18-8-10-19(11-9-18)38(36,37)25(26,27)28/h3-13,15H,14H2,1-2H3,(H,30,35). The van der Waals surface area contributed by atoms with Gasteiger partial charge in [0.05, 0.1) is 16.1 Å². The van der Waals surface area contributed by atoms with Crippen LogP contribution in [-0.2, 0) is 21.1 Å². The molecule has 1 saturated heterocycles. The van der Waals surface area contributed by atoms with Gasteiger partial charge in [-0.2, -0.15) is 13.2 Å². The zero-order chi connectivity index (χ0) is 27.9. The highest BCUT2D eigenvalue weighted by Gasteiger charge is 2.50. The number of amides is 4. The summed E-state index contributed by atoms with van der Waals surface area (Å²) in [7, 11) is -4.01. The first-order chi connectivity index (χ1) is 17.8. The Balaban J connectivity index is 1.60. The van der Waals surface area contributed by atoms with Crippen LogP contribution in [0.4, 0.5) is 29.3 Å². The van der Waals surface area contributed by atoms with Gasteiger partial charge in [0.2, 0.25) is 0 Å². The Morgan fingerprint density at radius 3 is 2.29 bits per heavy atom. The second-order valence-corrected chi connectivity index (χ2v) is 10.7. The van der Waals surface area contributed by atoms with Gasteiger partial charge in [0.25, 0.3) is 21.7 Å². The van der Waals surface area contributed by atoms with Gasteiger partial charge in [-0.15, -0.1) is 0 Å². The monoisotopic (exact) mass is 546 g/mol. The average molecular weight is 547 g/mol. The van der Waals surface area contributed by atoms with Gasteiger partial charge in [-0.25, -0.2) is 18.1 Å². The lowest BCUT2D eigenvalue weighted by Gasteiger charge is -2.24. The van der Waals surface area contributed by atoms with E-state index >= 15 is 0 Å². The molecular weight excluding hydrogens is 525 g/mol. The van der Waals surface area contributed by atoms with E-state index in [1.165, 1.54) is 24.2 Å². The summed E-state index contributed by atoms with van der Waals surface area (Å²) in [6, 6.07) is 12.8. The summed E-state index contributed by atoms with van der Waals surface area (Å²) < 4.78 is 61.8. The van der Waals surface area contributed by atoms with Gasteiger partial charge in [0.1, 0.15) is 5.54 Å². The number of urea groups is 1. The predicted molar refractivity (Wildman–Crippen MR) is 131 cm³/mol. The summed E-state index contributed by atoms with van der Waals surface area (Å²) in [6.45, 7) is 1.45. The van der Waals surface area contributed by atoms with Crippen molar-refractivity contribution in [3.63, 3.8) is 0 Å². The molecule has 0 aliphatic carbocycles. The van der Waals surface area contributed by atoms with E-state index in [0.717, 1.165) is 12.1 Å². The van der Waals surface area contributed by atoms with E-state index in [1.54, 1.807) is 43.4 Å². The number of halogens is 3. The lowest BCUT2D eigenvalue weighted by Crippen LogP contribution is -2.46. The second kappa shape index (κ2) is 9.56. The van der Waals surface area contributed by atoms with E-state index in [1.807, 2.05) is 0 Å². The third-order valence-corrected chi connectivity index (χ3v) is 7.61. The van der Waals surface area contributed by atoms with Gasteiger partial charge in [0, 0.05) is 31.5 Å². The molecule has 3 aromatic rings. The number of sulfone groups is 1. The quantitative estimate of drug-likeness (QED) is 0.472. The van der Waals surface area contributed by atoms with Crippen LogP contribution in [0.2, 0.25) is 0 Å². The third-order valence-electron chi connectivity index (χ3n) is 6.10. The summed E-state index contributed by atoms with van der Waals surface area (Å²) >= 11 is 0. The van der Waals surface area contributed by atoms with Crippen LogP contribution in [0.5, 0.6) is 0 Å². The first-order valence-electron chi connectivity index (χ1n) is 11.1. The zero-order valence-electron chi connectivity index (χ0n) is 20.1. The third kappa shape index (κ3) is 4.72. The molecule has 9 nitrogen and oxygen atoms in total. The molecule has 1 aliphatic heterocycles. The van der Waals surface area contributed by atoms with E-state index in [-0.39, 0.29) is 17.7 Å². The first kappa shape index (κ1) is 26.8. The molecule has 38 heavy (non-hydrogen) atoms. The van der Waals surface area contributed by atoms with Gasteiger partial charge in [-0.1, -0.05) is 18.2 Å². The van der Waals surface area contributed by atoms with Crippen molar-refractivity contribution in [2.24, 2.45) is 0 Å². The molecule has 0 spiro atoms. The second-order valence-electron chi connectivity index (χ2n) is 8.76. The molecule has 1 N–H and O–H groups in total. The molecule has 2 heterocycles. The Morgan fingerprint density at radius 1 is 1.05 bits per heavy atom. The van der Waals surface area contributed by atoms with Gasteiger partial charge >= 0.3 is 11.5 Å². The molecule has 0 saturated carbocycles. The summed E-state index contributed by atoms with van der Waals surface area (Å²) in [4.78, 5) is 44.5. The Kier molecular flexibility index (Phi) is 6.74. The smallest absolute Gasteiger partial charge is 0.323 e. The summed E-state index contributed by atoms with van der Waals surface area (Å²) in [5, 5.41) is 2.57. The van der Waals surface area contributed by atoms with Gasteiger partial charge < -0.3 is 10.2 Å². The number of nitrogens with zero attached hydrogens (tertiary/aromatic N) is 3. The van der Waals surface area contributed by atoms with Crippen molar-refractivity contribution in [3.8, 4) is 0 Å². The molecule has 1 unspecified atom stereocenters. The lowest BCUT2D eigenvalue weighted by molar-refractivity contribution is -0.121. The van der Waals surface area contributed by atoms with Crippen molar-refractivity contribution in [2.45, 2.75) is 29.3 Å². The Hall–Kier alpha value is -4.26. The maximum atomic E-state index is 13.4. The highest BCUT2D eigenvalue weighted by Crippen LogP contribution is 2.33. The largest absolute Gasteiger partial charge is 0.501 e. The molecule has 0 radical (unpaired) electrons. The molecule has 0 bridgehead atoms. The molecule has 13 heteroatoms. The predicted octanol–water partition coefficient (Wildman–Crippen LogP) is 3.71. The van der Waals surface area contributed by atoms with E-state index in [2.05, 4.69) is 10.3 Å². The summed E-state index contributed by atoms with van der Waals surface area (Å²) in [5.41, 5.74) is -5.87. The number of para-hydroxylation sites is 1. The minimum atomic E-state index is -5.59. The van der Waals surface area contributed by atoms with Gasteiger partial charge in [-0.05, 0) is 55.0 Å². The first-order valence-corrected chi connectivity index (χ1v) is 12.6. The minimum Gasteiger partial charge on any atom is -0.323 e. The van der Waals surface area contributed by atoms with E-state index in [9.17, 15) is 36.0 Å². The molecule has 4 rings (SSSR count). The van der Waals surface area contributed by atoms with Crippen molar-refractivity contribution in [3.05, 3.63) is 84.2 Å². The number of nitrogens with one attached hydrogen (secondary N) is 1. The van der Waals surface area contributed by atoms with E-state index in [0.29, 0.717) is 28.3 Å². The number of anilines is 2. The zero-order valence-corrected chi connectivity index (χ0v) is 20.9. The molecule has 198 valence electrons. The molecule has 1 atom stereocenters. The highest BCUT2D eigenvalue weighted by molar-refractivity contribution is 7.92. The number of pyridine rings is 1. The fraction of sp³-hybridized carbons (Fsp3) is 0.200. The van der Waals surface area contributed by atoms with Crippen LogP contribution in [0.25, 0.3) is 0 Å². The molecule has 1 aliphatic rings. The van der Waals surface area contributed by atoms with Crippen LogP contribution in [0.1, 0.15) is 22.8 Å². The number of carbonyl (C=O) groups is 3. The SMILES string of the molecule is CN(C(=O)c1cnccc1CC1(C)NC(=O)N(c2ccc(S(=O)(=O)C(F)(F)F)cc2)C1=O)c1ccccc1. The maximum absolute atomic E-state index is 13.4. The number of alkyl halides is 3. The van der Waals surface area contributed by atoms with Crippen LogP contribution < -0.4 is 15.1 Å². The Bertz CT molecular complexity index is 1510. The van der Waals surface area contributed by atoms with Crippen LogP contribution >= 0.6 is 0 Å². The van der Waals surface area contributed by atoms with Crippen molar-refractivity contribution in [1.29, 1.82) is 0 Å². The molecule has 2 aromatic carbocycles. The van der Waals surface area contributed by atoms with Gasteiger partial charge in [-0.3, -0.25) is 14.6 Å². The Morgan fingerprint density at radius 2 is 1.68 bits per heavy atom. The van der Waals surface area contributed by atoms with Crippen molar-refractivity contribution >= 4 is 39.1 Å². The number of imide groups is 1. The van der Waals surface area contributed by atoms with Gasteiger partial charge in [0.15, 0.2) is 0 Å². The number of hydrogen-bond donors (Lipinski definition) is 1. The van der Waals surface area contributed by atoms with Crippen LogP contribution in [0.3, 0.4) is 0 Å². The molecule has 1 fully saturated rings.